The normalized spacial score (nSPS) is 12.3. The van der Waals surface area contributed by atoms with Crippen LogP contribution in [0.25, 0.3) is 10.9 Å². The summed E-state index contributed by atoms with van der Waals surface area (Å²) in [4.78, 5) is 3.85. The topological polar surface area (TPSA) is 33.1 Å². The average molecular weight is 255 g/mol. The molecule has 0 saturated heterocycles. The van der Waals surface area contributed by atoms with Crippen molar-refractivity contribution in [3.8, 4) is 5.75 Å². The molecular formula is C13H12F3NO. The number of hydrogen-bond acceptors (Lipinski definition) is 2. The third-order valence-corrected chi connectivity index (χ3v) is 2.79. The first kappa shape index (κ1) is 12.7. The summed E-state index contributed by atoms with van der Waals surface area (Å²) >= 11 is 0. The summed E-state index contributed by atoms with van der Waals surface area (Å²) < 4.78 is 37.7. The minimum Gasteiger partial charge on any atom is -0.506 e. The molecule has 1 aromatic carbocycles. The van der Waals surface area contributed by atoms with E-state index in [0.29, 0.717) is 10.9 Å². The number of fused-ring (bicyclic) bond motifs is 1. The predicted molar refractivity (Wildman–Crippen MR) is 62.5 cm³/mol. The van der Waals surface area contributed by atoms with Crippen LogP contribution in [0.2, 0.25) is 0 Å². The molecule has 1 heterocycles. The maximum absolute atomic E-state index is 12.6. The second-order valence-electron chi connectivity index (χ2n) is 4.44. The Morgan fingerprint density at radius 3 is 2.44 bits per heavy atom. The summed E-state index contributed by atoms with van der Waals surface area (Å²) in [6, 6.07) is 3.37. The second kappa shape index (κ2) is 4.15. The van der Waals surface area contributed by atoms with Crippen molar-refractivity contribution >= 4 is 10.9 Å². The van der Waals surface area contributed by atoms with Gasteiger partial charge in [-0.2, -0.15) is 13.2 Å². The molecule has 96 valence electrons. The summed E-state index contributed by atoms with van der Waals surface area (Å²) in [5.41, 5.74) is 0.128. The third kappa shape index (κ3) is 2.12. The number of rotatable bonds is 1. The fraction of sp³-hybridized carbons (Fsp3) is 0.308. The summed E-state index contributed by atoms with van der Waals surface area (Å²) in [5, 5.41) is 10.3. The van der Waals surface area contributed by atoms with Gasteiger partial charge in [0.2, 0.25) is 0 Å². The first-order valence-electron chi connectivity index (χ1n) is 5.49. The minimum absolute atomic E-state index is 0.00670. The molecule has 0 aliphatic rings. The summed E-state index contributed by atoms with van der Waals surface area (Å²) in [7, 11) is 0. The first-order chi connectivity index (χ1) is 8.30. The summed E-state index contributed by atoms with van der Waals surface area (Å²) in [6.45, 7) is 3.73. The van der Waals surface area contributed by atoms with Crippen LogP contribution in [0.15, 0.2) is 24.4 Å². The van der Waals surface area contributed by atoms with E-state index in [1.54, 1.807) is 0 Å². The van der Waals surface area contributed by atoms with E-state index < -0.39 is 11.7 Å². The molecule has 0 atom stereocenters. The fourth-order valence-corrected chi connectivity index (χ4v) is 1.99. The Kier molecular flexibility index (Phi) is 2.92. The smallest absolute Gasteiger partial charge is 0.416 e. The van der Waals surface area contributed by atoms with E-state index in [2.05, 4.69) is 4.98 Å². The largest absolute Gasteiger partial charge is 0.506 e. The van der Waals surface area contributed by atoms with Gasteiger partial charge in [0.1, 0.15) is 5.75 Å². The molecule has 0 unspecified atom stereocenters. The maximum Gasteiger partial charge on any atom is 0.416 e. The highest BCUT2D eigenvalue weighted by Gasteiger charge is 2.30. The molecule has 0 aliphatic carbocycles. The van der Waals surface area contributed by atoms with Crippen molar-refractivity contribution in [2.45, 2.75) is 25.9 Å². The maximum atomic E-state index is 12.6. The van der Waals surface area contributed by atoms with Crippen molar-refractivity contribution in [2.24, 2.45) is 0 Å². The molecule has 0 aliphatic heterocycles. The van der Waals surface area contributed by atoms with Crippen molar-refractivity contribution in [3.63, 3.8) is 0 Å². The molecule has 5 heteroatoms. The Hall–Kier alpha value is -1.78. The Morgan fingerprint density at radius 2 is 1.89 bits per heavy atom. The zero-order chi connectivity index (χ0) is 13.5. The molecule has 0 radical (unpaired) electrons. The van der Waals surface area contributed by atoms with Crippen LogP contribution >= 0.6 is 0 Å². The minimum atomic E-state index is -4.38. The van der Waals surface area contributed by atoms with E-state index in [-0.39, 0.29) is 17.2 Å². The van der Waals surface area contributed by atoms with Gasteiger partial charge in [-0.3, -0.25) is 4.98 Å². The van der Waals surface area contributed by atoms with E-state index in [9.17, 15) is 18.3 Å². The predicted octanol–water partition coefficient (Wildman–Crippen LogP) is 4.08. The van der Waals surface area contributed by atoms with Gasteiger partial charge in [0, 0.05) is 10.9 Å². The SMILES string of the molecule is CC(C)c1c(O)cnc2cc(C(F)(F)F)ccc12. The Morgan fingerprint density at radius 1 is 1.22 bits per heavy atom. The number of halogens is 3. The van der Waals surface area contributed by atoms with Gasteiger partial charge in [-0.25, -0.2) is 0 Å². The number of alkyl halides is 3. The third-order valence-electron chi connectivity index (χ3n) is 2.79. The molecular weight excluding hydrogens is 243 g/mol. The van der Waals surface area contributed by atoms with Crippen LogP contribution in [0, 0.1) is 0 Å². The number of pyridine rings is 1. The monoisotopic (exact) mass is 255 g/mol. The van der Waals surface area contributed by atoms with Gasteiger partial charge in [-0.1, -0.05) is 19.9 Å². The molecule has 0 amide bonds. The van der Waals surface area contributed by atoms with Crippen LogP contribution in [0.5, 0.6) is 5.75 Å². The van der Waals surface area contributed by atoms with Crippen LogP contribution in [0.1, 0.15) is 30.9 Å². The van der Waals surface area contributed by atoms with Crippen LogP contribution in [0.4, 0.5) is 13.2 Å². The lowest BCUT2D eigenvalue weighted by molar-refractivity contribution is -0.137. The first-order valence-corrected chi connectivity index (χ1v) is 5.49. The lowest BCUT2D eigenvalue weighted by Gasteiger charge is -2.13. The van der Waals surface area contributed by atoms with Gasteiger partial charge in [0.25, 0.3) is 0 Å². The highest BCUT2D eigenvalue weighted by molar-refractivity contribution is 5.85. The lowest BCUT2D eigenvalue weighted by Crippen LogP contribution is -2.05. The molecule has 2 nitrogen and oxygen atoms in total. The molecule has 0 spiro atoms. The molecule has 1 N–H and O–H groups in total. The van der Waals surface area contributed by atoms with E-state index in [1.165, 1.54) is 12.3 Å². The van der Waals surface area contributed by atoms with E-state index in [4.69, 9.17) is 0 Å². The van der Waals surface area contributed by atoms with Crippen molar-refractivity contribution in [2.75, 3.05) is 0 Å². The van der Waals surface area contributed by atoms with Gasteiger partial charge in [0.15, 0.2) is 0 Å². The molecule has 0 saturated carbocycles. The van der Waals surface area contributed by atoms with Crippen LogP contribution in [-0.2, 0) is 6.18 Å². The Balaban J connectivity index is 2.71. The number of aromatic hydroxyl groups is 1. The Labute approximate surface area is 102 Å². The highest BCUT2D eigenvalue weighted by atomic mass is 19.4. The molecule has 0 fully saturated rings. The van der Waals surface area contributed by atoms with Crippen molar-refractivity contribution in [1.82, 2.24) is 4.98 Å². The van der Waals surface area contributed by atoms with Crippen molar-refractivity contribution < 1.29 is 18.3 Å². The highest BCUT2D eigenvalue weighted by Crippen LogP contribution is 2.35. The van der Waals surface area contributed by atoms with Gasteiger partial charge >= 0.3 is 6.18 Å². The average Bonchev–Trinajstić information content (AvgIpc) is 2.26. The van der Waals surface area contributed by atoms with Gasteiger partial charge in [-0.15, -0.1) is 0 Å². The second-order valence-corrected chi connectivity index (χ2v) is 4.44. The van der Waals surface area contributed by atoms with Crippen molar-refractivity contribution in [1.29, 1.82) is 0 Å². The van der Waals surface area contributed by atoms with Crippen LogP contribution in [-0.4, -0.2) is 10.1 Å². The van der Waals surface area contributed by atoms with E-state index in [1.807, 2.05) is 13.8 Å². The molecule has 18 heavy (non-hydrogen) atoms. The fourth-order valence-electron chi connectivity index (χ4n) is 1.99. The standard InChI is InChI=1S/C13H12F3NO/c1-7(2)12-9-4-3-8(13(14,15)16)5-10(9)17-6-11(12)18/h3-7,18H,1-2H3. The summed E-state index contributed by atoms with van der Waals surface area (Å²) in [5.74, 6) is 0.0181. The number of aromatic nitrogens is 1. The quantitative estimate of drug-likeness (QED) is 0.832. The van der Waals surface area contributed by atoms with Crippen LogP contribution in [0.3, 0.4) is 0 Å². The summed E-state index contributed by atoms with van der Waals surface area (Å²) in [6.07, 6.45) is -3.19. The Bertz CT molecular complexity index is 591. The number of hydrogen-bond donors (Lipinski definition) is 1. The molecule has 0 bridgehead atoms. The van der Waals surface area contributed by atoms with E-state index >= 15 is 0 Å². The zero-order valence-electron chi connectivity index (χ0n) is 9.92. The van der Waals surface area contributed by atoms with E-state index in [0.717, 1.165) is 12.1 Å². The van der Waals surface area contributed by atoms with Crippen LogP contribution < -0.4 is 0 Å². The number of nitrogens with zero attached hydrogens (tertiary/aromatic N) is 1. The molecule has 2 rings (SSSR count). The van der Waals surface area contributed by atoms with Crippen molar-refractivity contribution in [3.05, 3.63) is 35.5 Å². The van der Waals surface area contributed by atoms with Gasteiger partial charge < -0.3 is 5.11 Å². The van der Waals surface area contributed by atoms with Gasteiger partial charge in [0.05, 0.1) is 17.3 Å². The zero-order valence-corrected chi connectivity index (χ0v) is 9.92. The molecule has 2 aromatic rings. The lowest BCUT2D eigenvalue weighted by atomic mass is 9.97. The molecule has 1 aromatic heterocycles. The van der Waals surface area contributed by atoms with Gasteiger partial charge in [-0.05, 0) is 18.1 Å². The number of benzene rings is 1.